The summed E-state index contributed by atoms with van der Waals surface area (Å²) in [5.41, 5.74) is 0. The molecule has 8 nitrogen and oxygen atoms in total. The summed E-state index contributed by atoms with van der Waals surface area (Å²) in [7, 11) is 0. The van der Waals surface area contributed by atoms with Gasteiger partial charge in [-0.15, -0.1) is 0 Å². The van der Waals surface area contributed by atoms with Crippen molar-refractivity contribution in [2.75, 3.05) is 6.61 Å². The molecule has 1 amide bonds. The minimum Gasteiger partial charge on any atom is -0.457 e. The number of aliphatic hydroxyl groups excluding tert-OH is 3. The summed E-state index contributed by atoms with van der Waals surface area (Å²) in [5, 5.41) is 31.9. The molecule has 0 aliphatic carbocycles. The molecule has 1 saturated heterocycles. The summed E-state index contributed by atoms with van der Waals surface area (Å²) in [6.45, 7) is 2.86. The molecule has 0 spiro atoms. The maximum absolute atomic E-state index is 12.1. The molecule has 1 fully saturated rings. The summed E-state index contributed by atoms with van der Waals surface area (Å²) in [6, 6.07) is -1.09. The van der Waals surface area contributed by atoms with Gasteiger partial charge in [0.15, 0.2) is 12.4 Å². The molecule has 0 aromatic rings. The number of carbonyl (C=O) groups excluding carboxylic acids is 2. The van der Waals surface area contributed by atoms with Gasteiger partial charge in [-0.2, -0.15) is 0 Å². The lowest BCUT2D eigenvalue weighted by Gasteiger charge is -2.41. The Morgan fingerprint density at radius 3 is 2.27 bits per heavy atom. The van der Waals surface area contributed by atoms with Crippen LogP contribution in [0, 0.1) is 0 Å². The number of esters is 1. The highest BCUT2D eigenvalue weighted by atomic mass is 16.6. The maximum Gasteiger partial charge on any atom is 0.306 e. The zero-order chi connectivity index (χ0) is 19.5. The van der Waals surface area contributed by atoms with E-state index in [0.29, 0.717) is 6.42 Å². The van der Waals surface area contributed by atoms with Crippen molar-refractivity contribution < 1.29 is 34.4 Å². The first-order chi connectivity index (χ1) is 12.4. The fraction of sp³-hybridized carbons (Fsp3) is 0.889. The standard InChI is InChI=1S/C18H33NO7/c1-3-4-5-6-7-8-9-10-14(22)26-17-15(19-12(2)21)18(24)25-13(11-20)16(17)23/h13,15-18,20,23-24H,3-11H2,1-2H3,(H,19,21)/t13?,15-,16+,17?,18+/m1/s1. The van der Waals surface area contributed by atoms with Crippen LogP contribution in [0.5, 0.6) is 0 Å². The van der Waals surface area contributed by atoms with Gasteiger partial charge in [-0.1, -0.05) is 45.4 Å². The van der Waals surface area contributed by atoms with Gasteiger partial charge in [0.05, 0.1) is 6.61 Å². The lowest BCUT2D eigenvalue weighted by Crippen LogP contribution is -2.65. The van der Waals surface area contributed by atoms with Crippen molar-refractivity contribution in [1.29, 1.82) is 0 Å². The van der Waals surface area contributed by atoms with Gasteiger partial charge in [-0.25, -0.2) is 0 Å². The molecular weight excluding hydrogens is 342 g/mol. The zero-order valence-corrected chi connectivity index (χ0v) is 15.7. The molecule has 1 aliphatic rings. The van der Waals surface area contributed by atoms with E-state index in [4.69, 9.17) is 9.47 Å². The molecule has 0 aromatic heterocycles. The van der Waals surface area contributed by atoms with Gasteiger partial charge in [0, 0.05) is 13.3 Å². The summed E-state index contributed by atoms with van der Waals surface area (Å²) < 4.78 is 10.4. The number of ether oxygens (including phenoxy) is 2. The van der Waals surface area contributed by atoms with E-state index in [1.807, 2.05) is 0 Å². The second-order valence-electron chi connectivity index (χ2n) is 6.79. The molecule has 8 heteroatoms. The number of hydrogen-bond acceptors (Lipinski definition) is 7. The lowest BCUT2D eigenvalue weighted by molar-refractivity contribution is -0.258. The highest BCUT2D eigenvalue weighted by Gasteiger charge is 2.47. The lowest BCUT2D eigenvalue weighted by atomic mass is 9.96. The Balaban J connectivity index is 2.49. The van der Waals surface area contributed by atoms with Crippen LogP contribution in [-0.4, -0.2) is 64.4 Å². The Morgan fingerprint density at radius 1 is 1.08 bits per heavy atom. The predicted octanol–water partition coefficient (Wildman–Crippen LogP) is 0.614. The Morgan fingerprint density at radius 2 is 1.69 bits per heavy atom. The van der Waals surface area contributed by atoms with Crippen molar-refractivity contribution >= 4 is 11.9 Å². The van der Waals surface area contributed by atoms with Gasteiger partial charge in [-0.05, 0) is 6.42 Å². The highest BCUT2D eigenvalue weighted by Crippen LogP contribution is 2.23. The van der Waals surface area contributed by atoms with E-state index in [1.54, 1.807) is 0 Å². The second kappa shape index (κ2) is 12.2. The predicted molar refractivity (Wildman–Crippen MR) is 94.1 cm³/mol. The Labute approximate surface area is 154 Å². The number of aliphatic hydroxyl groups is 3. The van der Waals surface area contributed by atoms with Crippen LogP contribution in [0.1, 0.15) is 65.2 Å². The van der Waals surface area contributed by atoms with E-state index in [0.717, 1.165) is 19.3 Å². The smallest absolute Gasteiger partial charge is 0.306 e. The first-order valence-corrected chi connectivity index (χ1v) is 9.49. The Kier molecular flexibility index (Phi) is 10.7. The summed E-state index contributed by atoms with van der Waals surface area (Å²) in [6.07, 6.45) is 2.52. The molecule has 1 aliphatic heterocycles. The van der Waals surface area contributed by atoms with Gasteiger partial charge in [0.1, 0.15) is 18.2 Å². The van der Waals surface area contributed by atoms with Gasteiger partial charge in [0.2, 0.25) is 5.91 Å². The number of carbonyl (C=O) groups is 2. The van der Waals surface area contributed by atoms with Crippen LogP contribution >= 0.6 is 0 Å². The second-order valence-corrected chi connectivity index (χ2v) is 6.79. The molecule has 0 radical (unpaired) electrons. The third-order valence-electron chi connectivity index (χ3n) is 4.49. The van der Waals surface area contributed by atoms with Gasteiger partial charge < -0.3 is 30.1 Å². The Hall–Kier alpha value is -1.22. The molecule has 4 N–H and O–H groups in total. The first-order valence-electron chi connectivity index (χ1n) is 9.49. The average Bonchev–Trinajstić information content (AvgIpc) is 2.59. The first kappa shape index (κ1) is 22.8. The quantitative estimate of drug-likeness (QED) is 0.308. The molecule has 0 aromatic carbocycles. The highest BCUT2D eigenvalue weighted by molar-refractivity contribution is 5.73. The fourth-order valence-electron chi connectivity index (χ4n) is 3.05. The number of rotatable bonds is 11. The molecule has 1 rings (SSSR count). The van der Waals surface area contributed by atoms with E-state index < -0.39 is 49.1 Å². The molecule has 26 heavy (non-hydrogen) atoms. The molecule has 152 valence electrons. The topological polar surface area (TPSA) is 125 Å². The van der Waals surface area contributed by atoms with Crippen molar-refractivity contribution in [2.45, 2.75) is 95.9 Å². The molecular formula is C18H33NO7. The average molecular weight is 375 g/mol. The third-order valence-corrected chi connectivity index (χ3v) is 4.49. The van der Waals surface area contributed by atoms with Crippen molar-refractivity contribution in [3.63, 3.8) is 0 Å². The number of unbranched alkanes of at least 4 members (excludes halogenated alkanes) is 6. The molecule has 1 heterocycles. The summed E-state index contributed by atoms with van der Waals surface area (Å²) >= 11 is 0. The van der Waals surface area contributed by atoms with Crippen LogP contribution < -0.4 is 5.32 Å². The largest absolute Gasteiger partial charge is 0.457 e. The van der Waals surface area contributed by atoms with Crippen molar-refractivity contribution in [2.24, 2.45) is 0 Å². The minimum absolute atomic E-state index is 0.199. The van der Waals surface area contributed by atoms with E-state index >= 15 is 0 Å². The van der Waals surface area contributed by atoms with Crippen molar-refractivity contribution in [1.82, 2.24) is 5.32 Å². The SMILES string of the molecule is CCCCCCCCCC(=O)OC1[C@@H](O)C(CO)O[C@H](O)[C@@H]1NC(C)=O. The van der Waals surface area contributed by atoms with E-state index in [-0.39, 0.29) is 6.42 Å². The monoisotopic (exact) mass is 375 g/mol. The van der Waals surface area contributed by atoms with Gasteiger partial charge in [-0.3, -0.25) is 9.59 Å². The van der Waals surface area contributed by atoms with E-state index in [9.17, 15) is 24.9 Å². The molecule has 0 saturated carbocycles. The van der Waals surface area contributed by atoms with Crippen LogP contribution in [0.2, 0.25) is 0 Å². The van der Waals surface area contributed by atoms with Crippen LogP contribution in [0.4, 0.5) is 0 Å². The number of amides is 1. The summed E-state index contributed by atoms with van der Waals surface area (Å²) in [4.78, 5) is 23.4. The zero-order valence-electron chi connectivity index (χ0n) is 15.7. The normalized spacial score (nSPS) is 28.6. The van der Waals surface area contributed by atoms with Crippen LogP contribution in [0.15, 0.2) is 0 Å². The van der Waals surface area contributed by atoms with Crippen molar-refractivity contribution in [3.8, 4) is 0 Å². The molecule has 2 unspecified atom stereocenters. The number of hydrogen-bond donors (Lipinski definition) is 4. The van der Waals surface area contributed by atoms with Gasteiger partial charge in [0.25, 0.3) is 0 Å². The Bertz CT molecular complexity index is 432. The van der Waals surface area contributed by atoms with Crippen LogP contribution in [0.3, 0.4) is 0 Å². The molecule has 5 atom stereocenters. The van der Waals surface area contributed by atoms with Crippen LogP contribution in [0.25, 0.3) is 0 Å². The fourth-order valence-corrected chi connectivity index (χ4v) is 3.05. The van der Waals surface area contributed by atoms with E-state index in [1.165, 1.54) is 26.2 Å². The molecule has 0 bridgehead atoms. The maximum atomic E-state index is 12.1. The summed E-state index contributed by atoms with van der Waals surface area (Å²) in [5.74, 6) is -0.968. The van der Waals surface area contributed by atoms with Gasteiger partial charge >= 0.3 is 5.97 Å². The van der Waals surface area contributed by atoms with Crippen LogP contribution in [-0.2, 0) is 19.1 Å². The number of nitrogens with one attached hydrogen (secondary N) is 1. The van der Waals surface area contributed by atoms with E-state index in [2.05, 4.69) is 12.2 Å². The third kappa shape index (κ3) is 7.57. The minimum atomic E-state index is -1.49. The van der Waals surface area contributed by atoms with Crippen molar-refractivity contribution in [3.05, 3.63) is 0 Å².